The summed E-state index contributed by atoms with van der Waals surface area (Å²) in [6.07, 6.45) is 1.46. The van der Waals surface area contributed by atoms with E-state index in [1.165, 1.54) is 5.56 Å². The van der Waals surface area contributed by atoms with Crippen molar-refractivity contribution in [3.8, 4) is 0 Å². The Morgan fingerprint density at radius 1 is 1.35 bits per heavy atom. The van der Waals surface area contributed by atoms with E-state index in [0.29, 0.717) is 25.4 Å². The lowest BCUT2D eigenvalue weighted by molar-refractivity contribution is 0.312. The maximum atomic E-state index is 12.5. The first-order valence-electron chi connectivity index (χ1n) is 7.23. The Hall–Kier alpha value is -0.910. The third-order valence-corrected chi connectivity index (χ3v) is 5.80. The van der Waals surface area contributed by atoms with E-state index < -0.39 is 10.0 Å². The molecule has 5 heteroatoms. The van der Waals surface area contributed by atoms with Gasteiger partial charge in [-0.25, -0.2) is 8.42 Å². The third-order valence-electron chi connectivity index (χ3n) is 3.90. The minimum atomic E-state index is -3.23. The molecule has 4 nitrogen and oxygen atoms in total. The standard InChI is InChI=1S/C15H24N2O2S/c1-12(2)8-10-20(18,19)17-9-7-13-5-3-4-6-14(13)15(17)11-16/h3-6,12,15H,7-11,16H2,1-2H3. The molecule has 1 aliphatic heterocycles. The Morgan fingerprint density at radius 3 is 2.70 bits per heavy atom. The molecule has 1 unspecified atom stereocenters. The summed E-state index contributed by atoms with van der Waals surface area (Å²) < 4.78 is 26.7. The molecule has 2 N–H and O–H groups in total. The van der Waals surface area contributed by atoms with Gasteiger partial charge in [0.15, 0.2) is 0 Å². The van der Waals surface area contributed by atoms with E-state index in [0.717, 1.165) is 12.0 Å². The third kappa shape index (κ3) is 3.22. The topological polar surface area (TPSA) is 63.4 Å². The number of sulfonamides is 1. The van der Waals surface area contributed by atoms with Crippen LogP contribution in [0.3, 0.4) is 0 Å². The van der Waals surface area contributed by atoms with Crippen LogP contribution in [0.15, 0.2) is 24.3 Å². The second-order valence-electron chi connectivity index (χ2n) is 5.81. The van der Waals surface area contributed by atoms with Crippen LogP contribution in [-0.2, 0) is 16.4 Å². The first-order chi connectivity index (χ1) is 9.45. The summed E-state index contributed by atoms with van der Waals surface area (Å²) in [6.45, 7) is 4.96. The molecule has 112 valence electrons. The Bertz CT molecular complexity index is 555. The SMILES string of the molecule is CC(C)CCS(=O)(=O)N1CCc2ccccc2C1CN. The van der Waals surface area contributed by atoms with Gasteiger partial charge in [-0.2, -0.15) is 4.31 Å². The number of nitrogens with zero attached hydrogens (tertiary/aromatic N) is 1. The molecule has 0 saturated heterocycles. The largest absolute Gasteiger partial charge is 0.329 e. The van der Waals surface area contributed by atoms with Gasteiger partial charge in [-0.05, 0) is 29.9 Å². The number of rotatable bonds is 5. The molecule has 0 aliphatic carbocycles. The lowest BCUT2D eigenvalue weighted by Crippen LogP contribution is -2.44. The second-order valence-corrected chi connectivity index (χ2v) is 7.85. The summed E-state index contributed by atoms with van der Waals surface area (Å²) in [5, 5.41) is 0. The van der Waals surface area contributed by atoms with Crippen LogP contribution in [0.5, 0.6) is 0 Å². The molecule has 1 aliphatic rings. The molecular weight excluding hydrogens is 272 g/mol. The average Bonchev–Trinajstić information content (AvgIpc) is 2.44. The van der Waals surface area contributed by atoms with Gasteiger partial charge in [0.1, 0.15) is 0 Å². The smallest absolute Gasteiger partial charge is 0.214 e. The number of hydrogen-bond donors (Lipinski definition) is 1. The first-order valence-corrected chi connectivity index (χ1v) is 8.84. The number of nitrogens with two attached hydrogens (primary N) is 1. The minimum absolute atomic E-state index is 0.211. The zero-order chi connectivity index (χ0) is 14.8. The van der Waals surface area contributed by atoms with E-state index in [4.69, 9.17) is 5.73 Å². The Kier molecular flexibility index (Phi) is 4.83. The lowest BCUT2D eigenvalue weighted by atomic mass is 9.94. The van der Waals surface area contributed by atoms with Gasteiger partial charge < -0.3 is 5.73 Å². The molecule has 0 saturated carbocycles. The van der Waals surface area contributed by atoms with Crippen molar-refractivity contribution in [3.05, 3.63) is 35.4 Å². The van der Waals surface area contributed by atoms with Gasteiger partial charge in [0.25, 0.3) is 0 Å². The monoisotopic (exact) mass is 296 g/mol. The summed E-state index contributed by atoms with van der Waals surface area (Å²) in [4.78, 5) is 0. The average molecular weight is 296 g/mol. The van der Waals surface area contributed by atoms with Crippen LogP contribution in [0.2, 0.25) is 0 Å². The van der Waals surface area contributed by atoms with Gasteiger partial charge in [-0.1, -0.05) is 38.1 Å². The van der Waals surface area contributed by atoms with Crippen LogP contribution >= 0.6 is 0 Å². The van der Waals surface area contributed by atoms with Crippen LogP contribution in [0.1, 0.15) is 37.4 Å². The Balaban J connectivity index is 2.25. The van der Waals surface area contributed by atoms with Gasteiger partial charge in [0, 0.05) is 13.1 Å². The lowest BCUT2D eigenvalue weighted by Gasteiger charge is -2.35. The van der Waals surface area contributed by atoms with Gasteiger partial charge in [-0.3, -0.25) is 0 Å². The van der Waals surface area contributed by atoms with Crippen LogP contribution in [-0.4, -0.2) is 31.6 Å². The number of hydrogen-bond acceptors (Lipinski definition) is 3. The highest BCUT2D eigenvalue weighted by Crippen LogP contribution is 2.31. The fourth-order valence-corrected chi connectivity index (χ4v) is 4.67. The van der Waals surface area contributed by atoms with Crippen molar-refractivity contribution < 1.29 is 8.42 Å². The van der Waals surface area contributed by atoms with E-state index in [-0.39, 0.29) is 11.8 Å². The predicted molar refractivity (Wildman–Crippen MR) is 81.9 cm³/mol. The molecular formula is C15H24N2O2S. The summed E-state index contributed by atoms with van der Waals surface area (Å²) in [5.41, 5.74) is 8.14. The molecule has 0 fully saturated rings. The van der Waals surface area contributed by atoms with Crippen molar-refractivity contribution >= 4 is 10.0 Å². The predicted octanol–water partition coefficient (Wildman–Crippen LogP) is 1.92. The van der Waals surface area contributed by atoms with Gasteiger partial charge in [0.05, 0.1) is 11.8 Å². The molecule has 2 rings (SSSR count). The fraction of sp³-hybridized carbons (Fsp3) is 0.600. The van der Waals surface area contributed by atoms with Crippen molar-refractivity contribution in [2.75, 3.05) is 18.8 Å². The fourth-order valence-electron chi connectivity index (χ4n) is 2.71. The molecule has 0 bridgehead atoms. The Morgan fingerprint density at radius 2 is 2.05 bits per heavy atom. The quantitative estimate of drug-likeness (QED) is 0.903. The van der Waals surface area contributed by atoms with Crippen molar-refractivity contribution in [1.29, 1.82) is 0 Å². The number of benzene rings is 1. The molecule has 0 aromatic heterocycles. The normalized spacial score (nSPS) is 20.1. The Labute approximate surface area is 122 Å². The van der Waals surface area contributed by atoms with Crippen molar-refractivity contribution in [2.45, 2.75) is 32.7 Å². The summed E-state index contributed by atoms with van der Waals surface area (Å²) in [7, 11) is -3.23. The maximum Gasteiger partial charge on any atom is 0.214 e. The van der Waals surface area contributed by atoms with E-state index >= 15 is 0 Å². The van der Waals surface area contributed by atoms with E-state index in [1.54, 1.807) is 4.31 Å². The summed E-state index contributed by atoms with van der Waals surface area (Å²) in [5.74, 6) is 0.599. The molecule has 1 heterocycles. The highest BCUT2D eigenvalue weighted by Gasteiger charge is 2.34. The zero-order valence-corrected chi connectivity index (χ0v) is 13.1. The van der Waals surface area contributed by atoms with Crippen LogP contribution in [0, 0.1) is 5.92 Å². The molecule has 1 aromatic rings. The van der Waals surface area contributed by atoms with Crippen LogP contribution < -0.4 is 5.73 Å². The molecule has 0 radical (unpaired) electrons. The minimum Gasteiger partial charge on any atom is -0.329 e. The highest BCUT2D eigenvalue weighted by atomic mass is 32.2. The van der Waals surface area contributed by atoms with Crippen molar-refractivity contribution in [3.63, 3.8) is 0 Å². The van der Waals surface area contributed by atoms with E-state index in [9.17, 15) is 8.42 Å². The van der Waals surface area contributed by atoms with Crippen molar-refractivity contribution in [1.82, 2.24) is 4.31 Å². The first kappa shape index (κ1) is 15.5. The molecule has 0 spiro atoms. The van der Waals surface area contributed by atoms with Gasteiger partial charge >= 0.3 is 0 Å². The molecule has 1 atom stereocenters. The summed E-state index contributed by atoms with van der Waals surface area (Å²) >= 11 is 0. The van der Waals surface area contributed by atoms with E-state index in [2.05, 4.69) is 6.07 Å². The van der Waals surface area contributed by atoms with Gasteiger partial charge in [-0.15, -0.1) is 0 Å². The number of fused-ring (bicyclic) bond motifs is 1. The molecule has 1 aromatic carbocycles. The molecule has 0 amide bonds. The van der Waals surface area contributed by atoms with Crippen LogP contribution in [0.25, 0.3) is 0 Å². The zero-order valence-electron chi connectivity index (χ0n) is 12.2. The maximum absolute atomic E-state index is 12.5. The molecule has 20 heavy (non-hydrogen) atoms. The summed E-state index contributed by atoms with van der Waals surface area (Å²) in [6, 6.07) is 7.80. The van der Waals surface area contributed by atoms with Gasteiger partial charge in [0.2, 0.25) is 10.0 Å². The van der Waals surface area contributed by atoms with Crippen LogP contribution in [0.4, 0.5) is 0 Å². The van der Waals surface area contributed by atoms with E-state index in [1.807, 2.05) is 32.0 Å². The van der Waals surface area contributed by atoms with Crippen molar-refractivity contribution in [2.24, 2.45) is 11.7 Å². The second kappa shape index (κ2) is 6.24. The highest BCUT2D eigenvalue weighted by molar-refractivity contribution is 7.89.